The zero-order valence-corrected chi connectivity index (χ0v) is 18.3. The van der Waals surface area contributed by atoms with Gasteiger partial charge in [-0.25, -0.2) is 9.67 Å². The van der Waals surface area contributed by atoms with Crippen LogP contribution in [0.15, 0.2) is 72.8 Å². The Morgan fingerprint density at radius 1 is 0.969 bits per heavy atom. The SMILES string of the molecule is Cc1nn(-c2ccc(C(=O)Nc3ccccc3-c3nc4ccccc4[nH]3)cc2)c(C)c1Cl. The van der Waals surface area contributed by atoms with Crippen LogP contribution in [0.4, 0.5) is 5.69 Å². The highest BCUT2D eigenvalue weighted by Gasteiger charge is 2.14. The molecule has 0 saturated heterocycles. The van der Waals surface area contributed by atoms with E-state index in [0.717, 1.165) is 33.7 Å². The van der Waals surface area contributed by atoms with Crippen molar-refractivity contribution in [3.63, 3.8) is 0 Å². The first-order valence-electron chi connectivity index (χ1n) is 10.2. The monoisotopic (exact) mass is 441 g/mol. The maximum atomic E-state index is 13.0. The number of aryl methyl sites for hydroxylation is 1. The van der Waals surface area contributed by atoms with Crippen LogP contribution in [0.25, 0.3) is 28.1 Å². The number of para-hydroxylation sites is 3. The number of halogens is 1. The number of hydrogen-bond donors (Lipinski definition) is 2. The lowest BCUT2D eigenvalue weighted by atomic mass is 10.1. The Morgan fingerprint density at radius 2 is 1.69 bits per heavy atom. The number of aromatic nitrogens is 4. The van der Waals surface area contributed by atoms with Gasteiger partial charge >= 0.3 is 0 Å². The molecule has 0 atom stereocenters. The lowest BCUT2D eigenvalue weighted by molar-refractivity contribution is 0.102. The van der Waals surface area contributed by atoms with E-state index in [1.54, 1.807) is 16.8 Å². The summed E-state index contributed by atoms with van der Waals surface area (Å²) in [6.07, 6.45) is 0. The number of hydrogen-bond acceptors (Lipinski definition) is 3. The Kier molecular flexibility index (Phi) is 4.99. The molecular formula is C25H20ClN5O. The largest absolute Gasteiger partial charge is 0.338 e. The van der Waals surface area contributed by atoms with Crippen LogP contribution in [0.3, 0.4) is 0 Å². The third-order valence-electron chi connectivity index (χ3n) is 5.40. The fraction of sp³-hybridized carbons (Fsp3) is 0.0800. The van der Waals surface area contributed by atoms with Gasteiger partial charge < -0.3 is 10.3 Å². The van der Waals surface area contributed by atoms with E-state index in [-0.39, 0.29) is 5.91 Å². The number of H-pyrrole nitrogens is 1. The van der Waals surface area contributed by atoms with E-state index in [1.165, 1.54) is 0 Å². The Labute approximate surface area is 189 Å². The number of aromatic amines is 1. The molecule has 0 radical (unpaired) electrons. The quantitative estimate of drug-likeness (QED) is 0.362. The standard InChI is InChI=1S/C25H20ClN5O/c1-15-23(26)16(2)31(30-15)18-13-11-17(12-14-18)25(32)29-20-8-4-3-7-19(20)24-27-21-9-5-6-10-22(21)28-24/h3-14H,1-2H3,(H,27,28)(H,29,32). The molecule has 0 spiro atoms. The molecule has 0 bridgehead atoms. The first-order valence-corrected chi connectivity index (χ1v) is 10.6. The second-order valence-corrected chi connectivity index (χ2v) is 7.92. The molecule has 158 valence electrons. The summed E-state index contributed by atoms with van der Waals surface area (Å²) in [5.74, 6) is 0.505. The van der Waals surface area contributed by atoms with Gasteiger partial charge in [0.15, 0.2) is 0 Å². The topological polar surface area (TPSA) is 75.6 Å². The van der Waals surface area contributed by atoms with Gasteiger partial charge in [0.25, 0.3) is 5.91 Å². The summed E-state index contributed by atoms with van der Waals surface area (Å²) in [4.78, 5) is 20.9. The summed E-state index contributed by atoms with van der Waals surface area (Å²) in [6, 6.07) is 22.7. The molecular weight excluding hydrogens is 422 g/mol. The van der Waals surface area contributed by atoms with E-state index in [2.05, 4.69) is 20.4 Å². The molecule has 5 aromatic rings. The van der Waals surface area contributed by atoms with Crippen LogP contribution in [0.2, 0.25) is 5.02 Å². The van der Waals surface area contributed by atoms with E-state index in [1.807, 2.05) is 74.5 Å². The first-order chi connectivity index (χ1) is 15.5. The summed E-state index contributed by atoms with van der Waals surface area (Å²) >= 11 is 6.26. The highest BCUT2D eigenvalue weighted by atomic mass is 35.5. The zero-order valence-electron chi connectivity index (χ0n) is 17.6. The average Bonchev–Trinajstić information content (AvgIpc) is 3.36. The number of anilines is 1. The molecule has 6 nitrogen and oxygen atoms in total. The predicted molar refractivity (Wildman–Crippen MR) is 128 cm³/mol. The summed E-state index contributed by atoms with van der Waals surface area (Å²) in [7, 11) is 0. The van der Waals surface area contributed by atoms with Crippen molar-refractivity contribution in [3.8, 4) is 17.1 Å². The number of amides is 1. The Balaban J connectivity index is 1.41. The molecule has 5 rings (SSSR count). The number of carbonyl (C=O) groups excluding carboxylic acids is 1. The van der Waals surface area contributed by atoms with E-state index in [4.69, 9.17) is 11.6 Å². The number of benzene rings is 3. The summed E-state index contributed by atoms with van der Waals surface area (Å²) in [6.45, 7) is 3.78. The first kappa shape index (κ1) is 20.0. The second kappa shape index (κ2) is 7.98. The van der Waals surface area contributed by atoms with Crippen molar-refractivity contribution in [2.45, 2.75) is 13.8 Å². The molecule has 0 aliphatic heterocycles. The third kappa shape index (κ3) is 3.55. The van der Waals surface area contributed by atoms with Crippen molar-refractivity contribution in [1.82, 2.24) is 19.7 Å². The number of nitrogens with zero attached hydrogens (tertiary/aromatic N) is 3. The number of rotatable bonds is 4. The normalized spacial score (nSPS) is 11.1. The molecule has 7 heteroatoms. The van der Waals surface area contributed by atoms with Crippen LogP contribution in [0, 0.1) is 13.8 Å². The van der Waals surface area contributed by atoms with Gasteiger partial charge in [0, 0.05) is 11.1 Å². The minimum absolute atomic E-state index is 0.202. The maximum absolute atomic E-state index is 13.0. The van der Waals surface area contributed by atoms with Gasteiger partial charge in [-0.2, -0.15) is 5.10 Å². The predicted octanol–water partition coefficient (Wildman–Crippen LogP) is 5.94. The molecule has 1 amide bonds. The van der Waals surface area contributed by atoms with Crippen molar-refractivity contribution < 1.29 is 4.79 Å². The minimum atomic E-state index is -0.202. The molecule has 2 aromatic heterocycles. The number of imidazole rings is 1. The highest BCUT2D eigenvalue weighted by Crippen LogP contribution is 2.28. The molecule has 0 saturated carbocycles. The average molecular weight is 442 g/mol. The zero-order chi connectivity index (χ0) is 22.2. The molecule has 3 aromatic carbocycles. The lowest BCUT2D eigenvalue weighted by Gasteiger charge is -2.10. The third-order valence-corrected chi connectivity index (χ3v) is 5.94. The molecule has 2 N–H and O–H groups in total. The smallest absolute Gasteiger partial charge is 0.255 e. The van der Waals surface area contributed by atoms with Gasteiger partial charge in [-0.15, -0.1) is 0 Å². The van der Waals surface area contributed by atoms with E-state index in [0.29, 0.717) is 22.1 Å². The van der Waals surface area contributed by atoms with E-state index >= 15 is 0 Å². The van der Waals surface area contributed by atoms with E-state index in [9.17, 15) is 4.79 Å². The van der Waals surface area contributed by atoms with Crippen molar-refractivity contribution in [2.24, 2.45) is 0 Å². The van der Waals surface area contributed by atoms with Crippen LogP contribution in [0.1, 0.15) is 21.7 Å². The van der Waals surface area contributed by atoms with Crippen molar-refractivity contribution in [1.29, 1.82) is 0 Å². The van der Waals surface area contributed by atoms with Crippen molar-refractivity contribution in [2.75, 3.05) is 5.32 Å². The van der Waals surface area contributed by atoms with Crippen LogP contribution < -0.4 is 5.32 Å². The molecule has 0 unspecified atom stereocenters. The van der Waals surface area contributed by atoms with Gasteiger partial charge in [0.1, 0.15) is 5.82 Å². The van der Waals surface area contributed by atoms with Gasteiger partial charge in [0.2, 0.25) is 0 Å². The minimum Gasteiger partial charge on any atom is -0.338 e. The summed E-state index contributed by atoms with van der Waals surface area (Å²) < 4.78 is 1.77. The fourth-order valence-electron chi connectivity index (χ4n) is 3.70. The van der Waals surface area contributed by atoms with Crippen molar-refractivity contribution >= 4 is 34.2 Å². The van der Waals surface area contributed by atoms with Gasteiger partial charge in [-0.1, -0.05) is 35.9 Å². The van der Waals surface area contributed by atoms with Gasteiger partial charge in [-0.3, -0.25) is 4.79 Å². The molecule has 0 fully saturated rings. The lowest BCUT2D eigenvalue weighted by Crippen LogP contribution is -2.13. The van der Waals surface area contributed by atoms with Crippen LogP contribution in [0.5, 0.6) is 0 Å². The Morgan fingerprint density at radius 3 is 2.41 bits per heavy atom. The maximum Gasteiger partial charge on any atom is 0.255 e. The second-order valence-electron chi connectivity index (χ2n) is 7.55. The van der Waals surface area contributed by atoms with Crippen LogP contribution in [-0.2, 0) is 0 Å². The Bertz CT molecular complexity index is 1420. The van der Waals surface area contributed by atoms with Crippen LogP contribution in [-0.4, -0.2) is 25.7 Å². The molecule has 32 heavy (non-hydrogen) atoms. The van der Waals surface area contributed by atoms with Crippen LogP contribution >= 0.6 is 11.6 Å². The number of nitrogens with one attached hydrogen (secondary N) is 2. The van der Waals surface area contributed by atoms with E-state index < -0.39 is 0 Å². The molecule has 0 aliphatic rings. The Hall–Kier alpha value is -3.90. The number of fused-ring (bicyclic) bond motifs is 1. The van der Waals surface area contributed by atoms with Gasteiger partial charge in [-0.05, 0) is 62.4 Å². The summed E-state index contributed by atoms with van der Waals surface area (Å²) in [5, 5.41) is 8.12. The molecule has 2 heterocycles. The summed E-state index contributed by atoms with van der Waals surface area (Å²) in [5.41, 5.74) is 6.36. The highest BCUT2D eigenvalue weighted by molar-refractivity contribution is 6.31. The number of carbonyl (C=O) groups is 1. The fourth-order valence-corrected chi connectivity index (χ4v) is 3.82. The van der Waals surface area contributed by atoms with Crippen molar-refractivity contribution in [3.05, 3.63) is 94.8 Å². The van der Waals surface area contributed by atoms with Gasteiger partial charge in [0.05, 0.1) is 38.8 Å². The molecule has 0 aliphatic carbocycles.